The van der Waals surface area contributed by atoms with Gasteiger partial charge in [0.15, 0.2) is 0 Å². The van der Waals surface area contributed by atoms with Crippen molar-refractivity contribution in [3.8, 4) is 0 Å². The van der Waals surface area contributed by atoms with Crippen molar-refractivity contribution in [2.45, 2.75) is 25.4 Å². The molecule has 1 saturated heterocycles. The first-order valence-corrected chi connectivity index (χ1v) is 8.04. The van der Waals surface area contributed by atoms with Gasteiger partial charge in [-0.05, 0) is 41.8 Å². The van der Waals surface area contributed by atoms with Crippen LogP contribution in [0.15, 0.2) is 32.5 Å². The second-order valence-electron chi connectivity index (χ2n) is 5.56. The lowest BCUT2D eigenvalue weighted by Crippen LogP contribution is -2.39. The molecule has 0 bridgehead atoms. The maximum atomic E-state index is 12.0. The zero-order valence-corrected chi connectivity index (χ0v) is 13.1. The summed E-state index contributed by atoms with van der Waals surface area (Å²) in [5.41, 5.74) is 1.62. The molecular formula is C15H19N3O2S. The van der Waals surface area contributed by atoms with Crippen molar-refractivity contribution in [2.24, 2.45) is 14.1 Å². The maximum Gasteiger partial charge on any atom is 0.330 e. The molecule has 2 aromatic heterocycles. The van der Waals surface area contributed by atoms with Gasteiger partial charge in [0.25, 0.3) is 5.56 Å². The van der Waals surface area contributed by atoms with Crippen LogP contribution in [0.1, 0.15) is 30.1 Å². The molecule has 5 nitrogen and oxygen atoms in total. The summed E-state index contributed by atoms with van der Waals surface area (Å²) in [7, 11) is 3.24. The minimum atomic E-state index is -0.260. The van der Waals surface area contributed by atoms with Crippen LogP contribution < -0.4 is 11.2 Å². The lowest BCUT2D eigenvalue weighted by Gasteiger charge is -2.24. The van der Waals surface area contributed by atoms with Crippen LogP contribution in [0, 0.1) is 0 Å². The molecule has 112 valence electrons. The Balaban J connectivity index is 1.90. The minimum absolute atomic E-state index is 0.237. The van der Waals surface area contributed by atoms with E-state index >= 15 is 0 Å². The van der Waals surface area contributed by atoms with Crippen LogP contribution in [0.5, 0.6) is 0 Å². The largest absolute Gasteiger partial charge is 0.330 e. The van der Waals surface area contributed by atoms with E-state index in [0.29, 0.717) is 12.6 Å². The van der Waals surface area contributed by atoms with E-state index in [2.05, 4.69) is 21.7 Å². The van der Waals surface area contributed by atoms with Gasteiger partial charge >= 0.3 is 5.69 Å². The zero-order chi connectivity index (χ0) is 15.0. The lowest BCUT2D eigenvalue weighted by molar-refractivity contribution is 0.241. The topological polar surface area (TPSA) is 47.2 Å². The van der Waals surface area contributed by atoms with Crippen molar-refractivity contribution in [1.29, 1.82) is 0 Å². The first kappa shape index (κ1) is 14.3. The fraction of sp³-hybridized carbons (Fsp3) is 0.467. The van der Waals surface area contributed by atoms with E-state index in [1.165, 1.54) is 12.6 Å². The molecule has 0 saturated carbocycles. The Morgan fingerprint density at radius 1 is 1.29 bits per heavy atom. The Kier molecular flexibility index (Phi) is 3.82. The smallest absolute Gasteiger partial charge is 0.299 e. The summed E-state index contributed by atoms with van der Waals surface area (Å²) < 4.78 is 2.72. The molecule has 0 aliphatic carbocycles. The molecule has 3 heterocycles. The number of hydrogen-bond donors (Lipinski definition) is 0. The molecule has 1 aliphatic rings. The Labute approximate surface area is 127 Å². The van der Waals surface area contributed by atoms with Gasteiger partial charge in [-0.1, -0.05) is 0 Å². The predicted octanol–water partition coefficient (Wildman–Crippen LogP) is 1.48. The van der Waals surface area contributed by atoms with E-state index in [1.807, 2.05) is 0 Å². The second kappa shape index (κ2) is 5.61. The third-order valence-electron chi connectivity index (χ3n) is 4.28. The minimum Gasteiger partial charge on any atom is -0.299 e. The standard InChI is InChI=1S/C15H19N3O2S/c1-16-12(8-14(19)17(2)15(16)20)9-18-6-3-4-13(18)11-5-7-21-10-11/h5,7-8,10,13H,3-4,6,9H2,1-2H3/t13-/m0/s1. The van der Waals surface area contributed by atoms with E-state index in [4.69, 9.17) is 0 Å². The van der Waals surface area contributed by atoms with Crippen molar-refractivity contribution < 1.29 is 0 Å². The average Bonchev–Trinajstić information content (AvgIpc) is 3.12. The third-order valence-corrected chi connectivity index (χ3v) is 4.98. The molecule has 2 aromatic rings. The highest BCUT2D eigenvalue weighted by atomic mass is 32.1. The Morgan fingerprint density at radius 2 is 2.10 bits per heavy atom. The van der Waals surface area contributed by atoms with Crippen LogP contribution in [0.4, 0.5) is 0 Å². The average molecular weight is 305 g/mol. The third kappa shape index (κ3) is 2.61. The summed E-state index contributed by atoms with van der Waals surface area (Å²) in [6.07, 6.45) is 2.29. The first-order valence-electron chi connectivity index (χ1n) is 7.10. The number of thiophene rings is 1. The van der Waals surface area contributed by atoms with Gasteiger partial charge in [0.1, 0.15) is 0 Å². The summed E-state index contributed by atoms with van der Waals surface area (Å²) in [4.78, 5) is 26.2. The van der Waals surface area contributed by atoms with E-state index in [1.54, 1.807) is 29.0 Å². The maximum absolute atomic E-state index is 12.0. The normalized spacial score (nSPS) is 19.2. The van der Waals surface area contributed by atoms with E-state index in [-0.39, 0.29) is 11.2 Å². The van der Waals surface area contributed by atoms with E-state index in [9.17, 15) is 9.59 Å². The zero-order valence-electron chi connectivity index (χ0n) is 12.3. The summed E-state index contributed by atoms with van der Waals surface area (Å²) in [6, 6.07) is 4.14. The van der Waals surface area contributed by atoms with Gasteiger partial charge in [0.05, 0.1) is 0 Å². The molecule has 0 unspecified atom stereocenters. The summed E-state index contributed by atoms with van der Waals surface area (Å²) in [5.74, 6) is 0. The molecule has 21 heavy (non-hydrogen) atoms. The molecule has 3 rings (SSSR count). The SMILES string of the molecule is Cn1c(CN2CCC[C@H]2c2ccsc2)cc(=O)n(C)c1=O. The summed E-state index contributed by atoms with van der Waals surface area (Å²) in [5, 5.41) is 4.28. The van der Waals surface area contributed by atoms with Gasteiger partial charge in [-0.25, -0.2) is 4.79 Å². The highest BCUT2D eigenvalue weighted by Crippen LogP contribution is 2.33. The summed E-state index contributed by atoms with van der Waals surface area (Å²) in [6.45, 7) is 1.65. The van der Waals surface area contributed by atoms with Crippen molar-refractivity contribution in [1.82, 2.24) is 14.0 Å². The predicted molar refractivity (Wildman–Crippen MR) is 83.6 cm³/mol. The second-order valence-corrected chi connectivity index (χ2v) is 6.34. The van der Waals surface area contributed by atoms with Crippen molar-refractivity contribution in [2.75, 3.05) is 6.54 Å². The molecule has 0 N–H and O–H groups in total. The Bertz CT molecular complexity index is 745. The van der Waals surface area contributed by atoms with Crippen LogP contribution >= 0.6 is 11.3 Å². The van der Waals surface area contributed by atoms with Gasteiger partial charge in [-0.15, -0.1) is 0 Å². The van der Waals surface area contributed by atoms with Crippen molar-refractivity contribution >= 4 is 11.3 Å². The number of aromatic nitrogens is 2. The van der Waals surface area contributed by atoms with Gasteiger partial charge in [-0.2, -0.15) is 11.3 Å². The Hall–Kier alpha value is -1.66. The van der Waals surface area contributed by atoms with Gasteiger partial charge in [-0.3, -0.25) is 18.8 Å². The molecule has 0 aromatic carbocycles. The van der Waals surface area contributed by atoms with Crippen LogP contribution in [0.3, 0.4) is 0 Å². The van der Waals surface area contributed by atoms with Gasteiger partial charge in [0.2, 0.25) is 0 Å². The van der Waals surface area contributed by atoms with Gasteiger partial charge in [0, 0.05) is 38.4 Å². The van der Waals surface area contributed by atoms with Crippen LogP contribution in [-0.2, 0) is 20.6 Å². The fourth-order valence-electron chi connectivity index (χ4n) is 3.00. The monoisotopic (exact) mass is 305 g/mol. The van der Waals surface area contributed by atoms with Crippen LogP contribution in [0.2, 0.25) is 0 Å². The Morgan fingerprint density at radius 3 is 2.81 bits per heavy atom. The fourth-order valence-corrected chi connectivity index (χ4v) is 3.70. The first-order chi connectivity index (χ1) is 10.1. The number of likely N-dealkylation sites (tertiary alicyclic amines) is 1. The highest BCUT2D eigenvalue weighted by Gasteiger charge is 2.27. The molecular weight excluding hydrogens is 286 g/mol. The van der Waals surface area contributed by atoms with Crippen molar-refractivity contribution in [3.63, 3.8) is 0 Å². The number of hydrogen-bond acceptors (Lipinski definition) is 4. The molecule has 0 amide bonds. The molecule has 6 heteroatoms. The van der Waals surface area contributed by atoms with Crippen LogP contribution in [0.25, 0.3) is 0 Å². The summed E-state index contributed by atoms with van der Waals surface area (Å²) >= 11 is 1.71. The van der Waals surface area contributed by atoms with Crippen molar-refractivity contribution in [3.05, 3.63) is 55.0 Å². The molecule has 0 spiro atoms. The molecule has 0 radical (unpaired) electrons. The quantitative estimate of drug-likeness (QED) is 0.863. The lowest BCUT2D eigenvalue weighted by atomic mass is 10.1. The number of rotatable bonds is 3. The number of nitrogens with zero attached hydrogens (tertiary/aromatic N) is 3. The van der Waals surface area contributed by atoms with Gasteiger partial charge < -0.3 is 0 Å². The van der Waals surface area contributed by atoms with E-state index in [0.717, 1.165) is 29.6 Å². The molecule has 1 atom stereocenters. The van der Waals surface area contributed by atoms with Crippen LogP contribution in [-0.4, -0.2) is 20.6 Å². The van der Waals surface area contributed by atoms with E-state index < -0.39 is 0 Å². The highest BCUT2D eigenvalue weighted by molar-refractivity contribution is 7.07. The molecule has 1 fully saturated rings. The molecule has 1 aliphatic heterocycles.